The van der Waals surface area contributed by atoms with E-state index in [9.17, 15) is 4.79 Å². The molecule has 5 heteroatoms. The van der Waals surface area contributed by atoms with E-state index >= 15 is 0 Å². The van der Waals surface area contributed by atoms with E-state index in [1.165, 1.54) is 0 Å². The Balaban J connectivity index is 2.67. The minimum Gasteiger partial charge on any atom is -0.481 e. The number of carbonyl (C=O) groups excluding carboxylic acids is 1. The Morgan fingerprint density at radius 3 is 2.90 bits per heavy atom. The Morgan fingerprint density at radius 1 is 1.50 bits per heavy atom. The minimum atomic E-state index is -0.554. The highest BCUT2D eigenvalue weighted by molar-refractivity contribution is 6.31. The van der Waals surface area contributed by atoms with Gasteiger partial charge in [-0.15, -0.1) is 0 Å². The van der Waals surface area contributed by atoms with Crippen molar-refractivity contribution in [2.45, 2.75) is 39.2 Å². The summed E-state index contributed by atoms with van der Waals surface area (Å²) in [5.41, 5.74) is 6.43. The molecule has 0 radical (unpaired) electrons. The van der Waals surface area contributed by atoms with E-state index in [2.05, 4.69) is 12.2 Å². The standard InChI is InChI=1S/C15H23ClN2O2/c1-3-4-10-18-15(19)11(2)20-14-7-5-6-13(16)12(14)8-9-17/h5-7,11H,3-4,8-10,17H2,1-2H3,(H,18,19). The summed E-state index contributed by atoms with van der Waals surface area (Å²) in [7, 11) is 0. The first-order valence-corrected chi connectivity index (χ1v) is 7.39. The number of rotatable bonds is 8. The number of hydrogen-bond donors (Lipinski definition) is 2. The second-order valence-corrected chi connectivity index (χ2v) is 5.07. The average molecular weight is 299 g/mol. The van der Waals surface area contributed by atoms with Crippen molar-refractivity contribution in [1.29, 1.82) is 0 Å². The number of unbranched alkanes of at least 4 members (excludes halogenated alkanes) is 1. The maximum absolute atomic E-state index is 11.9. The molecule has 1 aromatic carbocycles. The van der Waals surface area contributed by atoms with Crippen molar-refractivity contribution in [3.8, 4) is 5.75 Å². The lowest BCUT2D eigenvalue weighted by Gasteiger charge is -2.17. The Morgan fingerprint density at radius 2 is 2.25 bits per heavy atom. The maximum atomic E-state index is 11.9. The van der Waals surface area contributed by atoms with Crippen LogP contribution in [0.25, 0.3) is 0 Å². The van der Waals surface area contributed by atoms with Crippen molar-refractivity contribution in [2.24, 2.45) is 5.73 Å². The third-order valence-electron chi connectivity index (χ3n) is 2.97. The van der Waals surface area contributed by atoms with Gasteiger partial charge >= 0.3 is 0 Å². The Labute approximate surface area is 125 Å². The topological polar surface area (TPSA) is 64.3 Å². The lowest BCUT2D eigenvalue weighted by atomic mass is 10.1. The molecule has 0 fully saturated rings. The molecule has 3 N–H and O–H groups in total. The number of ether oxygens (including phenoxy) is 1. The van der Waals surface area contributed by atoms with Crippen LogP contribution in [-0.4, -0.2) is 25.1 Å². The van der Waals surface area contributed by atoms with E-state index in [4.69, 9.17) is 22.1 Å². The van der Waals surface area contributed by atoms with Crippen LogP contribution in [0.5, 0.6) is 5.75 Å². The molecular formula is C15H23ClN2O2. The molecule has 4 nitrogen and oxygen atoms in total. The molecule has 0 saturated heterocycles. The molecule has 0 spiro atoms. The second-order valence-electron chi connectivity index (χ2n) is 4.66. The number of halogens is 1. The van der Waals surface area contributed by atoms with Gasteiger partial charge in [0.1, 0.15) is 5.75 Å². The summed E-state index contributed by atoms with van der Waals surface area (Å²) in [6.07, 6.45) is 2.08. The smallest absolute Gasteiger partial charge is 0.260 e. The van der Waals surface area contributed by atoms with Gasteiger partial charge in [0.15, 0.2) is 6.10 Å². The van der Waals surface area contributed by atoms with Crippen LogP contribution in [0.1, 0.15) is 32.3 Å². The lowest BCUT2D eigenvalue weighted by Crippen LogP contribution is -2.37. The average Bonchev–Trinajstić information content (AvgIpc) is 2.42. The first kappa shape index (κ1) is 16.8. The maximum Gasteiger partial charge on any atom is 0.260 e. The summed E-state index contributed by atoms with van der Waals surface area (Å²) in [5.74, 6) is 0.512. The number of amides is 1. The van der Waals surface area contributed by atoms with E-state index in [1.54, 1.807) is 19.1 Å². The van der Waals surface area contributed by atoms with Crippen LogP contribution >= 0.6 is 11.6 Å². The molecule has 0 bridgehead atoms. The van der Waals surface area contributed by atoms with Crippen LogP contribution in [0.4, 0.5) is 0 Å². The second kappa shape index (κ2) is 8.82. The van der Waals surface area contributed by atoms with Gasteiger partial charge in [-0.1, -0.05) is 31.0 Å². The summed E-state index contributed by atoms with van der Waals surface area (Å²) in [6.45, 7) is 4.97. The number of carbonyl (C=O) groups is 1. The molecule has 1 atom stereocenters. The lowest BCUT2D eigenvalue weighted by molar-refractivity contribution is -0.127. The highest BCUT2D eigenvalue weighted by atomic mass is 35.5. The molecule has 1 amide bonds. The van der Waals surface area contributed by atoms with Gasteiger partial charge < -0.3 is 15.8 Å². The zero-order chi connectivity index (χ0) is 15.0. The number of nitrogens with two attached hydrogens (primary N) is 1. The molecule has 0 saturated carbocycles. The molecule has 0 heterocycles. The van der Waals surface area contributed by atoms with Gasteiger partial charge in [-0.25, -0.2) is 0 Å². The van der Waals surface area contributed by atoms with Gasteiger partial charge in [0, 0.05) is 17.1 Å². The summed E-state index contributed by atoms with van der Waals surface area (Å²) in [5, 5.41) is 3.47. The van der Waals surface area contributed by atoms with Crippen molar-refractivity contribution in [2.75, 3.05) is 13.1 Å². The fourth-order valence-corrected chi connectivity index (χ4v) is 2.07. The highest BCUT2D eigenvalue weighted by Crippen LogP contribution is 2.27. The molecule has 112 valence electrons. The summed E-state index contributed by atoms with van der Waals surface area (Å²) < 4.78 is 5.72. The van der Waals surface area contributed by atoms with Crippen molar-refractivity contribution < 1.29 is 9.53 Å². The van der Waals surface area contributed by atoms with E-state index in [-0.39, 0.29) is 5.91 Å². The number of benzene rings is 1. The zero-order valence-electron chi connectivity index (χ0n) is 12.1. The van der Waals surface area contributed by atoms with Gasteiger partial charge in [-0.3, -0.25) is 4.79 Å². The normalized spacial score (nSPS) is 12.0. The van der Waals surface area contributed by atoms with E-state index in [0.29, 0.717) is 30.3 Å². The van der Waals surface area contributed by atoms with Crippen LogP contribution in [0.3, 0.4) is 0 Å². The quantitative estimate of drug-likeness (QED) is 0.725. The third kappa shape index (κ3) is 5.02. The van der Waals surface area contributed by atoms with Gasteiger partial charge in [0.05, 0.1) is 0 Å². The van der Waals surface area contributed by atoms with E-state index in [0.717, 1.165) is 18.4 Å². The van der Waals surface area contributed by atoms with Crippen LogP contribution < -0.4 is 15.8 Å². The molecule has 20 heavy (non-hydrogen) atoms. The van der Waals surface area contributed by atoms with Gasteiger partial charge in [0.25, 0.3) is 5.91 Å². The predicted molar refractivity (Wildman–Crippen MR) is 82.2 cm³/mol. The van der Waals surface area contributed by atoms with Crippen molar-refractivity contribution in [3.63, 3.8) is 0 Å². The molecule has 0 aliphatic rings. The predicted octanol–water partition coefficient (Wildman–Crippen LogP) is 2.52. The Bertz CT molecular complexity index is 438. The monoisotopic (exact) mass is 298 g/mol. The molecule has 0 aromatic heterocycles. The van der Waals surface area contributed by atoms with Gasteiger partial charge in [-0.2, -0.15) is 0 Å². The molecular weight excluding hydrogens is 276 g/mol. The van der Waals surface area contributed by atoms with Crippen molar-refractivity contribution in [1.82, 2.24) is 5.32 Å². The summed E-state index contributed by atoms with van der Waals surface area (Å²) in [6, 6.07) is 5.41. The van der Waals surface area contributed by atoms with Gasteiger partial charge in [0.2, 0.25) is 0 Å². The zero-order valence-corrected chi connectivity index (χ0v) is 12.9. The van der Waals surface area contributed by atoms with Crippen LogP contribution in [0.15, 0.2) is 18.2 Å². The number of hydrogen-bond acceptors (Lipinski definition) is 3. The summed E-state index contributed by atoms with van der Waals surface area (Å²) in [4.78, 5) is 11.9. The Kier molecular flexibility index (Phi) is 7.41. The first-order chi connectivity index (χ1) is 9.60. The highest BCUT2D eigenvalue weighted by Gasteiger charge is 2.16. The fraction of sp³-hybridized carbons (Fsp3) is 0.533. The molecule has 1 rings (SSSR count). The third-order valence-corrected chi connectivity index (χ3v) is 3.33. The SMILES string of the molecule is CCCCNC(=O)C(C)Oc1cccc(Cl)c1CCN. The molecule has 0 aliphatic carbocycles. The largest absolute Gasteiger partial charge is 0.481 e. The minimum absolute atomic E-state index is 0.114. The fourth-order valence-electron chi connectivity index (χ4n) is 1.81. The van der Waals surface area contributed by atoms with Crippen LogP contribution in [0, 0.1) is 0 Å². The molecule has 1 unspecified atom stereocenters. The molecule has 1 aromatic rings. The van der Waals surface area contributed by atoms with Crippen molar-refractivity contribution >= 4 is 17.5 Å². The van der Waals surface area contributed by atoms with Gasteiger partial charge in [-0.05, 0) is 38.4 Å². The molecule has 0 aliphatic heterocycles. The Hall–Kier alpha value is -1.26. The van der Waals surface area contributed by atoms with Crippen molar-refractivity contribution in [3.05, 3.63) is 28.8 Å². The van der Waals surface area contributed by atoms with E-state index in [1.807, 2.05) is 6.07 Å². The van der Waals surface area contributed by atoms with E-state index < -0.39 is 6.10 Å². The first-order valence-electron chi connectivity index (χ1n) is 7.02. The van der Waals surface area contributed by atoms with Crippen LogP contribution in [0.2, 0.25) is 5.02 Å². The summed E-state index contributed by atoms with van der Waals surface area (Å²) >= 11 is 6.14. The van der Waals surface area contributed by atoms with Crippen LogP contribution in [-0.2, 0) is 11.2 Å². The number of nitrogens with one attached hydrogen (secondary N) is 1.